The largest absolute Gasteiger partial charge is 0.506 e. The number of piperidine rings is 3. The summed E-state index contributed by atoms with van der Waals surface area (Å²) in [5.74, 6) is 0.110. The van der Waals surface area contributed by atoms with Crippen LogP contribution in [0.2, 0.25) is 0 Å². The van der Waals surface area contributed by atoms with Gasteiger partial charge in [0.15, 0.2) is 0 Å². The molecule has 31 heavy (non-hydrogen) atoms. The van der Waals surface area contributed by atoms with Crippen LogP contribution in [0.4, 0.5) is 4.39 Å². The first-order valence-corrected chi connectivity index (χ1v) is 11.0. The third-order valence-electron chi connectivity index (χ3n) is 7.09. The summed E-state index contributed by atoms with van der Waals surface area (Å²) in [6.45, 7) is 1.15. The molecule has 5 rings (SSSR count). The van der Waals surface area contributed by atoms with E-state index in [1.807, 2.05) is 11.0 Å². The first-order valence-electron chi connectivity index (χ1n) is 11.0. The van der Waals surface area contributed by atoms with Gasteiger partial charge < -0.3 is 14.9 Å². The highest BCUT2D eigenvalue weighted by molar-refractivity contribution is 5.94. The summed E-state index contributed by atoms with van der Waals surface area (Å²) >= 11 is 0. The fourth-order valence-corrected chi connectivity index (χ4v) is 5.84. The summed E-state index contributed by atoms with van der Waals surface area (Å²) in [4.78, 5) is 34.0. The number of pyridine rings is 1. The number of benzene rings is 1. The summed E-state index contributed by atoms with van der Waals surface area (Å²) in [6.07, 6.45) is 6.73. The van der Waals surface area contributed by atoms with Gasteiger partial charge in [-0.15, -0.1) is 0 Å². The Bertz CT molecular complexity index is 1010. The van der Waals surface area contributed by atoms with Crippen LogP contribution in [0.5, 0.6) is 5.75 Å². The van der Waals surface area contributed by atoms with Crippen LogP contribution in [-0.2, 0) is 11.2 Å². The van der Waals surface area contributed by atoms with Crippen molar-refractivity contribution in [2.45, 2.75) is 44.2 Å². The molecule has 3 fully saturated rings. The van der Waals surface area contributed by atoms with Crippen molar-refractivity contribution in [3.05, 3.63) is 59.7 Å². The molecule has 162 valence electrons. The molecule has 1 aromatic carbocycles. The van der Waals surface area contributed by atoms with E-state index in [0.29, 0.717) is 31.5 Å². The quantitative estimate of drug-likeness (QED) is 0.824. The Morgan fingerprint density at radius 1 is 1.19 bits per heavy atom. The number of halogens is 1. The molecule has 0 spiro atoms. The summed E-state index contributed by atoms with van der Waals surface area (Å²) in [5, 5.41) is 9.73. The molecule has 0 saturated carbocycles. The maximum absolute atomic E-state index is 13.8. The molecule has 3 saturated heterocycles. The fraction of sp³-hybridized carbons (Fsp3) is 0.458. The summed E-state index contributed by atoms with van der Waals surface area (Å²) in [7, 11) is 0. The lowest BCUT2D eigenvalue weighted by molar-refractivity contribution is -0.151. The Kier molecular flexibility index (Phi) is 5.12. The van der Waals surface area contributed by atoms with Gasteiger partial charge in [-0.05, 0) is 61.3 Å². The monoisotopic (exact) mass is 423 g/mol. The Morgan fingerprint density at radius 3 is 2.84 bits per heavy atom. The van der Waals surface area contributed by atoms with Gasteiger partial charge in [0.25, 0.3) is 5.91 Å². The van der Waals surface area contributed by atoms with Crippen molar-refractivity contribution in [3.63, 3.8) is 0 Å². The third kappa shape index (κ3) is 3.77. The number of aromatic nitrogens is 1. The minimum absolute atomic E-state index is 0.0314. The van der Waals surface area contributed by atoms with Crippen LogP contribution in [0.3, 0.4) is 0 Å². The van der Waals surface area contributed by atoms with Crippen LogP contribution >= 0.6 is 0 Å². The van der Waals surface area contributed by atoms with Gasteiger partial charge in [-0.25, -0.2) is 4.39 Å². The molecular formula is C24H26FN3O3. The maximum Gasteiger partial charge on any atom is 0.255 e. The zero-order valence-electron chi connectivity index (χ0n) is 17.3. The SMILES string of the molecule is O=C(c1cncc(O)c1)N1C[C@H]2C[C@@H](C1)[C@H](Cc1cccc(F)c1)N1C(=O)CCC[C@@H]21. The highest BCUT2D eigenvalue weighted by Crippen LogP contribution is 2.43. The van der Waals surface area contributed by atoms with E-state index in [1.165, 1.54) is 24.5 Å². The van der Waals surface area contributed by atoms with Crippen LogP contribution in [-0.4, -0.2) is 56.9 Å². The Hall–Kier alpha value is -2.96. The molecule has 3 aliphatic heterocycles. The molecule has 0 radical (unpaired) electrons. The molecule has 4 heterocycles. The summed E-state index contributed by atoms with van der Waals surface area (Å²) in [5.41, 5.74) is 1.25. The number of fused-ring (bicyclic) bond motifs is 4. The molecule has 2 amide bonds. The number of hydrogen-bond acceptors (Lipinski definition) is 4. The Balaban J connectivity index is 1.45. The molecule has 7 heteroatoms. The normalized spacial score (nSPS) is 27.7. The molecule has 3 aliphatic rings. The van der Waals surface area contributed by atoms with E-state index in [4.69, 9.17) is 0 Å². The van der Waals surface area contributed by atoms with Crippen LogP contribution in [0, 0.1) is 17.7 Å². The predicted octanol–water partition coefficient (Wildman–Crippen LogP) is 3.01. The Morgan fingerprint density at radius 2 is 2.03 bits per heavy atom. The van der Waals surface area contributed by atoms with Crippen molar-refractivity contribution in [1.29, 1.82) is 0 Å². The number of rotatable bonds is 3. The van der Waals surface area contributed by atoms with E-state index in [2.05, 4.69) is 9.88 Å². The lowest BCUT2D eigenvalue weighted by Crippen LogP contribution is -2.66. The van der Waals surface area contributed by atoms with Gasteiger partial charge in [-0.2, -0.15) is 0 Å². The minimum atomic E-state index is -0.274. The average Bonchev–Trinajstić information content (AvgIpc) is 2.76. The summed E-state index contributed by atoms with van der Waals surface area (Å²) < 4.78 is 13.8. The first-order chi connectivity index (χ1) is 15.0. The summed E-state index contributed by atoms with van der Waals surface area (Å²) in [6, 6.07) is 8.10. The standard InChI is InChI=1S/C24H26FN3O3/c25-19-4-1-3-15(7-19)8-22-18-9-17(21-5-2-6-23(30)28(21)22)13-27(14-18)24(31)16-10-20(29)12-26-11-16/h1,3-4,7,10-12,17-18,21-22,29H,2,5-6,8-9,13-14H2/t17-,18+,21+,22+/m1/s1. The number of carbonyl (C=O) groups excluding carboxylic acids is 2. The van der Waals surface area contributed by atoms with Gasteiger partial charge in [0.2, 0.25) is 5.91 Å². The maximum atomic E-state index is 13.8. The van der Waals surface area contributed by atoms with Gasteiger partial charge in [0, 0.05) is 37.8 Å². The van der Waals surface area contributed by atoms with Gasteiger partial charge in [0.05, 0.1) is 11.8 Å². The highest BCUT2D eigenvalue weighted by Gasteiger charge is 2.50. The fourth-order valence-electron chi connectivity index (χ4n) is 5.84. The number of likely N-dealkylation sites (tertiary alicyclic amines) is 1. The average molecular weight is 423 g/mol. The van der Waals surface area contributed by atoms with E-state index in [0.717, 1.165) is 24.8 Å². The molecule has 0 aliphatic carbocycles. The molecule has 0 unspecified atom stereocenters. The van der Waals surface area contributed by atoms with Crippen LogP contribution < -0.4 is 0 Å². The second-order valence-corrected chi connectivity index (χ2v) is 9.06. The van der Waals surface area contributed by atoms with E-state index in [-0.39, 0.29) is 47.3 Å². The van der Waals surface area contributed by atoms with Gasteiger partial charge in [-0.3, -0.25) is 14.6 Å². The van der Waals surface area contributed by atoms with Crippen molar-refractivity contribution in [3.8, 4) is 5.75 Å². The van der Waals surface area contributed by atoms with Crippen LogP contribution in [0.1, 0.15) is 41.6 Å². The van der Waals surface area contributed by atoms with Crippen molar-refractivity contribution in [2.75, 3.05) is 13.1 Å². The minimum Gasteiger partial charge on any atom is -0.506 e. The zero-order chi connectivity index (χ0) is 21.5. The lowest BCUT2D eigenvalue weighted by Gasteiger charge is -2.56. The molecular weight excluding hydrogens is 397 g/mol. The smallest absolute Gasteiger partial charge is 0.255 e. The third-order valence-corrected chi connectivity index (χ3v) is 7.09. The van der Waals surface area contributed by atoms with E-state index < -0.39 is 0 Å². The second kappa shape index (κ2) is 7.94. The Labute approximate surface area is 180 Å². The molecule has 6 nitrogen and oxygen atoms in total. The molecule has 2 bridgehead atoms. The second-order valence-electron chi connectivity index (χ2n) is 9.06. The van der Waals surface area contributed by atoms with Crippen molar-refractivity contribution in [2.24, 2.45) is 11.8 Å². The number of amides is 2. The zero-order valence-corrected chi connectivity index (χ0v) is 17.3. The van der Waals surface area contributed by atoms with Crippen molar-refractivity contribution >= 4 is 11.8 Å². The van der Waals surface area contributed by atoms with E-state index in [9.17, 15) is 19.1 Å². The molecule has 1 N–H and O–H groups in total. The molecule has 2 aromatic rings. The van der Waals surface area contributed by atoms with Crippen LogP contribution in [0.25, 0.3) is 0 Å². The van der Waals surface area contributed by atoms with Gasteiger partial charge in [0.1, 0.15) is 11.6 Å². The lowest BCUT2D eigenvalue weighted by atomic mass is 9.70. The molecule has 4 atom stereocenters. The van der Waals surface area contributed by atoms with E-state index in [1.54, 1.807) is 12.1 Å². The number of hydrogen-bond donors (Lipinski definition) is 1. The van der Waals surface area contributed by atoms with Crippen molar-refractivity contribution < 1.29 is 19.1 Å². The predicted molar refractivity (Wildman–Crippen MR) is 112 cm³/mol. The molecule has 1 aromatic heterocycles. The van der Waals surface area contributed by atoms with Gasteiger partial charge in [-0.1, -0.05) is 12.1 Å². The topological polar surface area (TPSA) is 73.7 Å². The number of nitrogens with zero attached hydrogens (tertiary/aromatic N) is 3. The van der Waals surface area contributed by atoms with E-state index >= 15 is 0 Å². The number of carbonyl (C=O) groups is 2. The van der Waals surface area contributed by atoms with Gasteiger partial charge >= 0.3 is 0 Å². The highest BCUT2D eigenvalue weighted by atomic mass is 19.1. The van der Waals surface area contributed by atoms with Crippen molar-refractivity contribution in [1.82, 2.24) is 14.8 Å². The number of aromatic hydroxyl groups is 1. The first kappa shape index (κ1) is 20.0. The van der Waals surface area contributed by atoms with Crippen LogP contribution in [0.15, 0.2) is 42.7 Å².